The maximum absolute atomic E-state index is 13.5. The first-order valence-electron chi connectivity index (χ1n) is 11.0. The molecule has 0 aromatic heterocycles. The lowest BCUT2D eigenvalue weighted by atomic mass is 9.87. The van der Waals surface area contributed by atoms with Crippen molar-refractivity contribution in [3.63, 3.8) is 0 Å². The summed E-state index contributed by atoms with van der Waals surface area (Å²) in [5.74, 6) is -0.0167. The maximum Gasteiger partial charge on any atom is 0.164 e. The van der Waals surface area contributed by atoms with Gasteiger partial charge in [-0.3, -0.25) is 0 Å². The molecule has 29 heavy (non-hydrogen) atoms. The molecule has 0 bridgehead atoms. The Hall–Kier alpha value is -1.91. The van der Waals surface area contributed by atoms with Gasteiger partial charge in [-0.2, -0.15) is 0 Å². The van der Waals surface area contributed by atoms with Gasteiger partial charge in [0, 0.05) is 12.1 Å². The Morgan fingerprint density at radius 3 is 2.52 bits per heavy atom. The zero-order valence-corrected chi connectivity index (χ0v) is 17.5. The molecule has 1 aliphatic carbocycles. The normalized spacial score (nSPS) is 20.2. The van der Waals surface area contributed by atoms with E-state index in [4.69, 9.17) is 0 Å². The molecular formula is C25H33FN2O. The van der Waals surface area contributed by atoms with Gasteiger partial charge in [-0.05, 0) is 87.0 Å². The summed E-state index contributed by atoms with van der Waals surface area (Å²) in [5.41, 5.74) is 3.55. The Bertz CT molecular complexity index is 823. The highest BCUT2D eigenvalue weighted by atomic mass is 19.1. The molecule has 0 radical (unpaired) electrons. The van der Waals surface area contributed by atoms with Gasteiger partial charge in [-0.1, -0.05) is 43.2 Å². The predicted octanol–water partition coefficient (Wildman–Crippen LogP) is 4.97. The van der Waals surface area contributed by atoms with Crippen molar-refractivity contribution >= 4 is 0 Å². The average molecular weight is 397 g/mol. The van der Waals surface area contributed by atoms with Crippen LogP contribution in [0.5, 0.6) is 5.75 Å². The molecule has 1 saturated carbocycles. The monoisotopic (exact) mass is 396 g/mol. The summed E-state index contributed by atoms with van der Waals surface area (Å²) in [5, 5.41) is 13.6. The molecule has 1 heterocycles. The van der Waals surface area contributed by atoms with Crippen LogP contribution in [0.1, 0.15) is 55.2 Å². The van der Waals surface area contributed by atoms with E-state index in [1.165, 1.54) is 49.5 Å². The summed E-state index contributed by atoms with van der Waals surface area (Å²) < 4.78 is 13.5. The number of nitrogens with one attached hydrogen (secondary N) is 1. The van der Waals surface area contributed by atoms with Crippen molar-refractivity contribution < 1.29 is 9.50 Å². The molecule has 4 rings (SSSR count). The van der Waals surface area contributed by atoms with Gasteiger partial charge >= 0.3 is 0 Å². The van der Waals surface area contributed by atoms with Gasteiger partial charge in [0.15, 0.2) is 11.6 Å². The van der Waals surface area contributed by atoms with Crippen LogP contribution in [-0.2, 0) is 18.5 Å². The molecule has 2 aliphatic rings. The Morgan fingerprint density at radius 2 is 1.79 bits per heavy atom. The van der Waals surface area contributed by atoms with Crippen LogP contribution in [0, 0.1) is 11.7 Å². The number of likely N-dealkylation sites (tertiary alicyclic amines) is 1. The molecule has 0 atom stereocenters. The van der Waals surface area contributed by atoms with Crippen LogP contribution in [0.2, 0.25) is 0 Å². The first-order chi connectivity index (χ1) is 14.0. The number of halogens is 1. The van der Waals surface area contributed by atoms with Gasteiger partial charge in [-0.25, -0.2) is 4.39 Å². The van der Waals surface area contributed by atoms with E-state index in [9.17, 15) is 9.50 Å². The van der Waals surface area contributed by atoms with Gasteiger partial charge in [-0.15, -0.1) is 0 Å². The fraction of sp³-hybridized carbons (Fsp3) is 0.520. The number of piperidine rings is 1. The second kappa shape index (κ2) is 8.85. The Balaban J connectivity index is 1.43. The number of phenolic OH excluding ortho intramolecular Hbond substituents is 1. The average Bonchev–Trinajstić information content (AvgIpc) is 3.21. The molecule has 0 amide bonds. The second-order valence-corrected chi connectivity index (χ2v) is 9.08. The van der Waals surface area contributed by atoms with Crippen molar-refractivity contribution in [3.8, 4) is 5.75 Å². The molecule has 2 aromatic rings. The van der Waals surface area contributed by atoms with Gasteiger partial charge in [0.2, 0.25) is 0 Å². The van der Waals surface area contributed by atoms with Crippen molar-refractivity contribution in [3.05, 3.63) is 65.0 Å². The maximum atomic E-state index is 13.5. The van der Waals surface area contributed by atoms with Crippen molar-refractivity contribution in [2.45, 2.75) is 57.0 Å². The molecule has 4 heteroatoms. The largest absolute Gasteiger partial charge is 0.505 e. The van der Waals surface area contributed by atoms with Crippen LogP contribution in [-0.4, -0.2) is 30.1 Å². The van der Waals surface area contributed by atoms with Gasteiger partial charge in [0.05, 0.1) is 0 Å². The molecule has 156 valence electrons. The quantitative estimate of drug-likeness (QED) is 0.723. The summed E-state index contributed by atoms with van der Waals surface area (Å²) in [6.45, 7) is 3.21. The topological polar surface area (TPSA) is 35.5 Å². The lowest BCUT2D eigenvalue weighted by Gasteiger charge is -2.32. The third kappa shape index (κ3) is 4.81. The molecule has 0 unspecified atom stereocenters. The highest BCUT2D eigenvalue weighted by Crippen LogP contribution is 2.40. The van der Waals surface area contributed by atoms with Crippen molar-refractivity contribution in [1.82, 2.24) is 10.2 Å². The molecule has 0 spiro atoms. The van der Waals surface area contributed by atoms with E-state index in [-0.39, 0.29) is 11.3 Å². The first-order valence-corrected chi connectivity index (χ1v) is 11.0. The van der Waals surface area contributed by atoms with E-state index in [1.54, 1.807) is 6.07 Å². The number of rotatable bonds is 6. The van der Waals surface area contributed by atoms with Crippen molar-refractivity contribution in [2.24, 2.45) is 5.92 Å². The van der Waals surface area contributed by atoms with Gasteiger partial charge < -0.3 is 15.3 Å². The molecular weight excluding hydrogens is 363 g/mol. The SMILES string of the molecule is CN1CCC(Cc2cccc(CNC3(c4ccc(F)c(O)c4)CCCC3)c2)CC1. The molecule has 3 nitrogen and oxygen atoms in total. The van der Waals surface area contributed by atoms with E-state index >= 15 is 0 Å². The standard InChI is InChI=1S/C25H33FN2O/c1-28-13-9-19(10-14-28)15-20-5-4-6-21(16-20)18-27-25(11-2-3-12-25)22-7-8-23(26)24(29)17-22/h4-8,16-17,19,27,29H,2-3,9-15,18H2,1H3. The van der Waals surface area contributed by atoms with E-state index in [0.29, 0.717) is 0 Å². The molecule has 1 saturated heterocycles. The number of aromatic hydroxyl groups is 1. The van der Waals surface area contributed by atoms with Crippen LogP contribution in [0.15, 0.2) is 42.5 Å². The lowest BCUT2D eigenvalue weighted by Crippen LogP contribution is -2.39. The third-order valence-electron chi connectivity index (χ3n) is 6.94. The van der Waals surface area contributed by atoms with E-state index in [1.807, 2.05) is 6.07 Å². The smallest absolute Gasteiger partial charge is 0.164 e. The number of nitrogens with zero attached hydrogens (tertiary/aromatic N) is 1. The summed E-state index contributed by atoms with van der Waals surface area (Å²) in [4.78, 5) is 2.42. The number of hydrogen-bond acceptors (Lipinski definition) is 3. The molecule has 2 fully saturated rings. The number of phenols is 1. The molecule has 2 aromatic carbocycles. The van der Waals surface area contributed by atoms with E-state index in [2.05, 4.69) is 41.5 Å². The van der Waals surface area contributed by atoms with Crippen molar-refractivity contribution in [1.29, 1.82) is 0 Å². The zero-order valence-electron chi connectivity index (χ0n) is 17.5. The number of hydrogen-bond donors (Lipinski definition) is 2. The minimum Gasteiger partial charge on any atom is -0.505 e. The van der Waals surface area contributed by atoms with Crippen LogP contribution < -0.4 is 5.32 Å². The zero-order chi connectivity index (χ0) is 20.3. The fourth-order valence-corrected chi connectivity index (χ4v) is 5.09. The van der Waals surface area contributed by atoms with Crippen LogP contribution in [0.4, 0.5) is 4.39 Å². The van der Waals surface area contributed by atoms with E-state index < -0.39 is 5.82 Å². The van der Waals surface area contributed by atoms with E-state index in [0.717, 1.165) is 43.7 Å². The Labute approximate surface area is 173 Å². The summed E-state index contributed by atoms with van der Waals surface area (Å²) >= 11 is 0. The first kappa shape index (κ1) is 20.4. The fourth-order valence-electron chi connectivity index (χ4n) is 5.09. The van der Waals surface area contributed by atoms with Gasteiger partial charge in [0.1, 0.15) is 0 Å². The summed E-state index contributed by atoms with van der Waals surface area (Å²) in [7, 11) is 2.21. The number of benzene rings is 2. The second-order valence-electron chi connectivity index (χ2n) is 9.08. The predicted molar refractivity (Wildman–Crippen MR) is 115 cm³/mol. The molecule has 1 aliphatic heterocycles. The summed E-state index contributed by atoms with van der Waals surface area (Å²) in [6.07, 6.45) is 8.09. The van der Waals surface area contributed by atoms with Gasteiger partial charge in [0.25, 0.3) is 0 Å². The van der Waals surface area contributed by atoms with Crippen LogP contribution >= 0.6 is 0 Å². The lowest BCUT2D eigenvalue weighted by molar-refractivity contribution is 0.219. The third-order valence-corrected chi connectivity index (χ3v) is 6.94. The minimum absolute atomic E-state index is 0.171. The van der Waals surface area contributed by atoms with Crippen molar-refractivity contribution in [2.75, 3.05) is 20.1 Å². The van der Waals surface area contributed by atoms with Crippen LogP contribution in [0.3, 0.4) is 0 Å². The van der Waals surface area contributed by atoms with Crippen LogP contribution in [0.25, 0.3) is 0 Å². The Morgan fingerprint density at radius 1 is 1.07 bits per heavy atom. The summed E-state index contributed by atoms with van der Waals surface area (Å²) in [6, 6.07) is 13.8. The highest BCUT2D eigenvalue weighted by molar-refractivity contribution is 5.35. The minimum atomic E-state index is -0.552. The molecule has 2 N–H and O–H groups in total. The highest BCUT2D eigenvalue weighted by Gasteiger charge is 2.35. The Kier molecular flexibility index (Phi) is 6.21.